The summed E-state index contributed by atoms with van der Waals surface area (Å²) in [5.41, 5.74) is 2.33. The van der Waals surface area contributed by atoms with Crippen LogP contribution in [-0.2, 0) is 0 Å². The lowest BCUT2D eigenvalue weighted by Gasteiger charge is -2.19. The molecule has 0 spiro atoms. The van der Waals surface area contributed by atoms with E-state index in [1.165, 1.54) is 5.56 Å². The first-order chi connectivity index (χ1) is 7.77. The fourth-order valence-corrected chi connectivity index (χ4v) is 1.84. The Labute approximate surface area is 97.0 Å². The van der Waals surface area contributed by atoms with E-state index in [-0.39, 0.29) is 0 Å². The van der Waals surface area contributed by atoms with Crippen molar-refractivity contribution in [3.8, 4) is 0 Å². The number of benzene rings is 1. The summed E-state index contributed by atoms with van der Waals surface area (Å²) in [5, 5.41) is 6.81. The molecule has 0 aromatic heterocycles. The zero-order valence-electron chi connectivity index (χ0n) is 9.96. The molecule has 0 atom stereocenters. The number of rotatable bonds is 3. The SMILES string of the molecule is CC(C)Nc1ccccc1C1=NCCCN1. The van der Waals surface area contributed by atoms with Gasteiger partial charge in [-0.1, -0.05) is 12.1 Å². The van der Waals surface area contributed by atoms with Crippen LogP contribution >= 0.6 is 0 Å². The number of hydrogen-bond acceptors (Lipinski definition) is 3. The van der Waals surface area contributed by atoms with Crippen LogP contribution < -0.4 is 10.6 Å². The highest BCUT2D eigenvalue weighted by Gasteiger charge is 2.11. The molecular formula is C13H19N3. The van der Waals surface area contributed by atoms with Crippen LogP contribution in [0.4, 0.5) is 5.69 Å². The molecular weight excluding hydrogens is 198 g/mol. The number of hydrogen-bond donors (Lipinski definition) is 2. The summed E-state index contributed by atoms with van der Waals surface area (Å²) in [6.07, 6.45) is 1.13. The largest absolute Gasteiger partial charge is 0.382 e. The third kappa shape index (κ3) is 2.54. The fourth-order valence-electron chi connectivity index (χ4n) is 1.84. The molecule has 0 fully saturated rings. The molecule has 0 unspecified atom stereocenters. The number of nitrogens with one attached hydrogen (secondary N) is 2. The van der Waals surface area contributed by atoms with Gasteiger partial charge in [-0.3, -0.25) is 4.99 Å². The van der Waals surface area contributed by atoms with E-state index in [2.05, 4.69) is 53.7 Å². The highest BCUT2D eigenvalue weighted by Crippen LogP contribution is 2.17. The Morgan fingerprint density at radius 2 is 2.12 bits per heavy atom. The summed E-state index contributed by atoms with van der Waals surface area (Å²) in [5.74, 6) is 1.02. The van der Waals surface area contributed by atoms with Crippen LogP contribution in [0.25, 0.3) is 0 Å². The van der Waals surface area contributed by atoms with Crippen molar-refractivity contribution in [2.75, 3.05) is 18.4 Å². The maximum Gasteiger partial charge on any atom is 0.130 e. The predicted molar refractivity (Wildman–Crippen MR) is 69.2 cm³/mol. The van der Waals surface area contributed by atoms with Crippen molar-refractivity contribution in [3.05, 3.63) is 29.8 Å². The predicted octanol–water partition coefficient (Wildman–Crippen LogP) is 2.25. The minimum absolute atomic E-state index is 0.436. The second-order valence-corrected chi connectivity index (χ2v) is 4.36. The van der Waals surface area contributed by atoms with Gasteiger partial charge in [-0.15, -0.1) is 0 Å². The second-order valence-electron chi connectivity index (χ2n) is 4.36. The molecule has 0 saturated heterocycles. The van der Waals surface area contributed by atoms with E-state index in [0.717, 1.165) is 31.0 Å². The normalized spacial score (nSPS) is 15.6. The van der Waals surface area contributed by atoms with Gasteiger partial charge < -0.3 is 10.6 Å². The van der Waals surface area contributed by atoms with E-state index in [4.69, 9.17) is 0 Å². The summed E-state index contributed by atoms with van der Waals surface area (Å²) in [6.45, 7) is 6.24. The minimum atomic E-state index is 0.436. The lowest BCUT2D eigenvalue weighted by atomic mass is 10.1. The standard InChI is InChI=1S/C13H19N3/c1-10(2)16-12-7-4-3-6-11(12)13-14-8-5-9-15-13/h3-4,6-7,10,16H,5,8-9H2,1-2H3,(H,14,15). The van der Waals surface area contributed by atoms with Gasteiger partial charge in [0.05, 0.1) is 0 Å². The number of nitrogens with zero attached hydrogens (tertiary/aromatic N) is 1. The van der Waals surface area contributed by atoms with Gasteiger partial charge >= 0.3 is 0 Å². The van der Waals surface area contributed by atoms with Crippen LogP contribution in [0.1, 0.15) is 25.8 Å². The average Bonchev–Trinajstić information content (AvgIpc) is 2.30. The molecule has 1 heterocycles. The third-order valence-electron chi connectivity index (χ3n) is 2.52. The Morgan fingerprint density at radius 3 is 2.81 bits per heavy atom. The maximum atomic E-state index is 4.53. The summed E-state index contributed by atoms with van der Waals surface area (Å²) in [6, 6.07) is 8.76. The molecule has 3 heteroatoms. The van der Waals surface area contributed by atoms with Gasteiger partial charge in [0.15, 0.2) is 0 Å². The monoisotopic (exact) mass is 217 g/mol. The van der Waals surface area contributed by atoms with Crippen molar-refractivity contribution in [1.82, 2.24) is 5.32 Å². The Balaban J connectivity index is 2.28. The Bertz CT molecular complexity index is 383. The van der Waals surface area contributed by atoms with Crippen molar-refractivity contribution in [2.24, 2.45) is 4.99 Å². The molecule has 16 heavy (non-hydrogen) atoms. The molecule has 0 saturated carbocycles. The average molecular weight is 217 g/mol. The summed E-state index contributed by atoms with van der Waals surface area (Å²) < 4.78 is 0. The molecule has 1 aromatic rings. The molecule has 1 aliphatic rings. The first-order valence-corrected chi connectivity index (χ1v) is 5.91. The van der Waals surface area contributed by atoms with E-state index in [9.17, 15) is 0 Å². The smallest absolute Gasteiger partial charge is 0.130 e. The first kappa shape index (κ1) is 11.0. The lowest BCUT2D eigenvalue weighted by Crippen LogP contribution is -2.31. The Hall–Kier alpha value is -1.51. The van der Waals surface area contributed by atoms with E-state index in [0.29, 0.717) is 6.04 Å². The molecule has 0 amide bonds. The Morgan fingerprint density at radius 1 is 1.31 bits per heavy atom. The highest BCUT2D eigenvalue weighted by molar-refractivity contribution is 6.03. The van der Waals surface area contributed by atoms with Crippen molar-refractivity contribution in [1.29, 1.82) is 0 Å². The molecule has 1 aromatic carbocycles. The van der Waals surface area contributed by atoms with Gasteiger partial charge in [-0.2, -0.15) is 0 Å². The zero-order chi connectivity index (χ0) is 11.4. The third-order valence-corrected chi connectivity index (χ3v) is 2.52. The van der Waals surface area contributed by atoms with E-state index in [1.54, 1.807) is 0 Å². The van der Waals surface area contributed by atoms with Gasteiger partial charge in [0.2, 0.25) is 0 Å². The van der Waals surface area contributed by atoms with Crippen molar-refractivity contribution < 1.29 is 0 Å². The van der Waals surface area contributed by atoms with Crippen molar-refractivity contribution >= 4 is 11.5 Å². The molecule has 0 radical (unpaired) electrons. The molecule has 0 aliphatic carbocycles. The summed E-state index contributed by atoms with van der Waals surface area (Å²) in [7, 11) is 0. The van der Waals surface area contributed by atoms with Crippen molar-refractivity contribution in [2.45, 2.75) is 26.3 Å². The molecule has 3 nitrogen and oxygen atoms in total. The lowest BCUT2D eigenvalue weighted by molar-refractivity contribution is 0.742. The fraction of sp³-hybridized carbons (Fsp3) is 0.462. The van der Waals surface area contributed by atoms with Crippen LogP contribution in [-0.4, -0.2) is 25.0 Å². The van der Waals surface area contributed by atoms with Crippen molar-refractivity contribution in [3.63, 3.8) is 0 Å². The van der Waals surface area contributed by atoms with E-state index >= 15 is 0 Å². The van der Waals surface area contributed by atoms with Gasteiger partial charge in [0, 0.05) is 30.4 Å². The van der Waals surface area contributed by atoms with Crippen LogP contribution in [0.5, 0.6) is 0 Å². The first-order valence-electron chi connectivity index (χ1n) is 5.91. The number of anilines is 1. The van der Waals surface area contributed by atoms with Crippen LogP contribution in [0.2, 0.25) is 0 Å². The minimum Gasteiger partial charge on any atom is -0.382 e. The summed E-state index contributed by atoms with van der Waals surface area (Å²) in [4.78, 5) is 4.53. The molecule has 2 rings (SSSR count). The number of amidine groups is 1. The molecule has 1 aliphatic heterocycles. The number of aliphatic imine (C=N–C) groups is 1. The van der Waals surface area contributed by atoms with Gasteiger partial charge in [-0.25, -0.2) is 0 Å². The molecule has 2 N–H and O–H groups in total. The van der Waals surface area contributed by atoms with Crippen LogP contribution in [0.3, 0.4) is 0 Å². The quantitative estimate of drug-likeness (QED) is 0.814. The molecule has 86 valence electrons. The van der Waals surface area contributed by atoms with Gasteiger partial charge in [-0.05, 0) is 32.4 Å². The maximum absolute atomic E-state index is 4.53. The van der Waals surface area contributed by atoms with Crippen LogP contribution in [0.15, 0.2) is 29.3 Å². The summed E-state index contributed by atoms with van der Waals surface area (Å²) >= 11 is 0. The van der Waals surface area contributed by atoms with E-state index < -0.39 is 0 Å². The van der Waals surface area contributed by atoms with E-state index in [1.807, 2.05) is 0 Å². The topological polar surface area (TPSA) is 36.4 Å². The molecule has 0 bridgehead atoms. The van der Waals surface area contributed by atoms with Gasteiger partial charge in [0.25, 0.3) is 0 Å². The Kier molecular flexibility index (Phi) is 3.44. The van der Waals surface area contributed by atoms with Crippen LogP contribution in [0, 0.1) is 0 Å². The second kappa shape index (κ2) is 5.01. The highest BCUT2D eigenvalue weighted by atomic mass is 15.0. The van der Waals surface area contributed by atoms with Gasteiger partial charge in [0.1, 0.15) is 5.84 Å². The number of para-hydroxylation sites is 1. The zero-order valence-corrected chi connectivity index (χ0v) is 9.96.